The van der Waals surface area contributed by atoms with Crippen LogP contribution in [0.5, 0.6) is 0 Å². The molecule has 0 amide bonds. The molecule has 1 aromatic carbocycles. The third kappa shape index (κ3) is 1.30. The Morgan fingerprint density at radius 3 is 2.55 bits per heavy atom. The minimum atomic E-state index is -0.706. The van der Waals surface area contributed by atoms with Crippen LogP contribution in [0, 0.1) is 23.7 Å². The minimum absolute atomic E-state index is 0.0897. The van der Waals surface area contributed by atoms with E-state index in [1.165, 1.54) is 19.3 Å². The average Bonchev–Trinajstić information content (AvgIpc) is 3.19. The molecule has 22 heavy (non-hydrogen) atoms. The maximum absolute atomic E-state index is 13.0. The van der Waals surface area contributed by atoms with Crippen molar-refractivity contribution in [3.63, 3.8) is 0 Å². The Morgan fingerprint density at radius 2 is 1.86 bits per heavy atom. The van der Waals surface area contributed by atoms with Crippen LogP contribution in [0.2, 0.25) is 0 Å². The number of hydrazine groups is 1. The van der Waals surface area contributed by atoms with Crippen LogP contribution in [0.25, 0.3) is 0 Å². The first-order valence-electron chi connectivity index (χ1n) is 8.54. The molecule has 0 aromatic heterocycles. The second-order valence-electron chi connectivity index (χ2n) is 7.44. The monoisotopic (exact) mass is 298 g/mol. The van der Waals surface area contributed by atoms with E-state index in [-0.39, 0.29) is 5.97 Å². The summed E-state index contributed by atoms with van der Waals surface area (Å²) >= 11 is 0. The summed E-state index contributed by atoms with van der Waals surface area (Å²) in [5, 5.41) is 0. The van der Waals surface area contributed by atoms with Gasteiger partial charge in [0, 0.05) is 11.8 Å². The molecule has 0 radical (unpaired) electrons. The first-order chi connectivity index (χ1) is 10.7. The van der Waals surface area contributed by atoms with Gasteiger partial charge in [0.25, 0.3) is 0 Å². The number of rotatable bonds is 2. The molecule has 1 aromatic rings. The Kier molecular flexibility index (Phi) is 2.45. The summed E-state index contributed by atoms with van der Waals surface area (Å²) in [4.78, 5) is 13.0. The van der Waals surface area contributed by atoms with E-state index >= 15 is 0 Å². The second-order valence-corrected chi connectivity index (χ2v) is 7.44. The highest BCUT2D eigenvalue weighted by atomic mass is 16.6. The molecule has 4 nitrogen and oxygen atoms in total. The van der Waals surface area contributed by atoms with Crippen molar-refractivity contribution in [1.82, 2.24) is 10.9 Å². The van der Waals surface area contributed by atoms with Crippen LogP contribution in [0.3, 0.4) is 0 Å². The molecule has 2 aliphatic carbocycles. The Hall–Kier alpha value is -1.39. The van der Waals surface area contributed by atoms with Gasteiger partial charge in [-0.2, -0.15) is 0 Å². The molecular weight excluding hydrogens is 276 g/mol. The summed E-state index contributed by atoms with van der Waals surface area (Å²) in [5.41, 5.74) is 6.67. The topological polar surface area (TPSA) is 50.4 Å². The van der Waals surface area contributed by atoms with Crippen LogP contribution in [0.15, 0.2) is 30.3 Å². The fraction of sp³-hybridized carbons (Fsp3) is 0.611. The van der Waals surface area contributed by atoms with Gasteiger partial charge in [-0.05, 0) is 43.1 Å². The van der Waals surface area contributed by atoms with Gasteiger partial charge in [-0.1, -0.05) is 37.3 Å². The van der Waals surface area contributed by atoms with Gasteiger partial charge in [0.1, 0.15) is 0 Å². The number of nitrogens with one attached hydrogen (secondary N) is 2. The Labute approximate surface area is 130 Å². The van der Waals surface area contributed by atoms with Crippen LogP contribution >= 0.6 is 0 Å². The highest BCUT2D eigenvalue weighted by Crippen LogP contribution is 2.65. The predicted molar refractivity (Wildman–Crippen MR) is 81.3 cm³/mol. The van der Waals surface area contributed by atoms with Crippen molar-refractivity contribution in [2.24, 2.45) is 23.7 Å². The number of carbonyl (C=O) groups excluding carboxylic acids is 1. The number of hydrogen-bond donors (Lipinski definition) is 2. The van der Waals surface area contributed by atoms with Crippen molar-refractivity contribution in [3.8, 4) is 0 Å². The maximum atomic E-state index is 13.0. The molecule has 0 unspecified atom stereocenters. The van der Waals surface area contributed by atoms with E-state index in [2.05, 4.69) is 29.9 Å². The lowest BCUT2D eigenvalue weighted by molar-refractivity contribution is -0.251. The summed E-state index contributed by atoms with van der Waals surface area (Å²) in [5.74, 6) is 2.05. The molecule has 116 valence electrons. The molecule has 4 heteroatoms. The predicted octanol–water partition coefficient (Wildman–Crippen LogP) is 2.32. The molecule has 0 spiro atoms. The molecule has 2 N–H and O–H groups in total. The zero-order chi connectivity index (χ0) is 14.9. The summed E-state index contributed by atoms with van der Waals surface area (Å²) in [6, 6.07) is 10.1. The summed E-state index contributed by atoms with van der Waals surface area (Å²) in [6.45, 7) is 2.12. The van der Waals surface area contributed by atoms with Gasteiger partial charge in [-0.3, -0.25) is 0 Å². The van der Waals surface area contributed by atoms with Gasteiger partial charge < -0.3 is 4.74 Å². The van der Waals surface area contributed by atoms with Crippen molar-refractivity contribution in [1.29, 1.82) is 0 Å². The molecule has 2 saturated carbocycles. The van der Waals surface area contributed by atoms with Crippen molar-refractivity contribution >= 4 is 5.97 Å². The number of hydrogen-bond acceptors (Lipinski definition) is 4. The summed E-state index contributed by atoms with van der Waals surface area (Å²) in [7, 11) is 0. The molecule has 3 saturated heterocycles. The van der Waals surface area contributed by atoms with E-state index in [9.17, 15) is 4.79 Å². The Balaban J connectivity index is 1.71. The van der Waals surface area contributed by atoms with Crippen LogP contribution in [-0.4, -0.2) is 11.7 Å². The van der Waals surface area contributed by atoms with Crippen LogP contribution in [0.4, 0.5) is 0 Å². The van der Waals surface area contributed by atoms with Gasteiger partial charge in [-0.25, -0.2) is 15.6 Å². The van der Waals surface area contributed by atoms with Gasteiger partial charge in [0.05, 0.1) is 0 Å². The van der Waals surface area contributed by atoms with Crippen LogP contribution in [0.1, 0.15) is 38.2 Å². The van der Waals surface area contributed by atoms with E-state index in [1.54, 1.807) is 0 Å². The fourth-order valence-electron chi connectivity index (χ4n) is 5.96. The lowest BCUT2D eigenvalue weighted by Crippen LogP contribution is -2.82. The zero-order valence-corrected chi connectivity index (χ0v) is 12.8. The third-order valence-corrected chi connectivity index (χ3v) is 6.78. The van der Waals surface area contributed by atoms with Crippen LogP contribution < -0.4 is 10.9 Å². The van der Waals surface area contributed by atoms with Gasteiger partial charge in [0.15, 0.2) is 11.3 Å². The molecule has 6 rings (SSSR count). The van der Waals surface area contributed by atoms with E-state index in [1.807, 2.05) is 18.2 Å². The van der Waals surface area contributed by atoms with E-state index in [0.717, 1.165) is 12.0 Å². The number of ether oxygens (including phenoxy) is 1. The smallest absolute Gasteiger partial charge is 0.334 e. The van der Waals surface area contributed by atoms with E-state index < -0.39 is 11.3 Å². The molecule has 3 heterocycles. The first kappa shape index (κ1) is 13.1. The number of carbonyl (C=O) groups is 1. The fourth-order valence-corrected chi connectivity index (χ4v) is 5.96. The standard InChI is InChI=1S/C18H22N2O2/c1-2-17-14-11-8-9-12(10-11)15(14)18(20-19-17,16(21)22-17)13-6-4-3-5-7-13/h3-7,11-12,14-15,19-20H,2,8-10H2,1H3/t11-,12+,14-,15+,17+,18+/m1/s1. The lowest BCUT2D eigenvalue weighted by Gasteiger charge is -2.62. The largest absolute Gasteiger partial charge is 0.441 e. The van der Waals surface area contributed by atoms with Crippen LogP contribution in [-0.2, 0) is 15.1 Å². The quantitative estimate of drug-likeness (QED) is 0.823. The lowest BCUT2D eigenvalue weighted by atomic mass is 9.59. The van der Waals surface area contributed by atoms with Crippen molar-refractivity contribution in [2.75, 3.05) is 0 Å². The summed E-state index contributed by atoms with van der Waals surface area (Å²) < 4.78 is 6.03. The zero-order valence-electron chi connectivity index (χ0n) is 12.8. The molecular formula is C18H22N2O2. The number of esters is 1. The number of benzene rings is 1. The number of fused-ring (bicyclic) bond motifs is 4. The van der Waals surface area contributed by atoms with Crippen molar-refractivity contribution in [3.05, 3.63) is 35.9 Å². The highest BCUT2D eigenvalue weighted by Gasteiger charge is 2.73. The third-order valence-electron chi connectivity index (χ3n) is 6.78. The van der Waals surface area contributed by atoms with Gasteiger partial charge >= 0.3 is 5.97 Å². The van der Waals surface area contributed by atoms with Gasteiger partial charge in [-0.15, -0.1) is 0 Å². The highest BCUT2D eigenvalue weighted by molar-refractivity contribution is 5.85. The first-order valence-corrected chi connectivity index (χ1v) is 8.54. The molecule has 4 bridgehead atoms. The van der Waals surface area contributed by atoms with Crippen molar-refractivity contribution < 1.29 is 9.53 Å². The molecule has 5 fully saturated rings. The SMILES string of the molecule is CC[C@]12NN[C@](c3ccccc3)(C(=O)O1)[C@H]1[C@H]3CC[C@H](C3)[C@H]12. The average molecular weight is 298 g/mol. The maximum Gasteiger partial charge on any atom is 0.334 e. The molecule has 5 aliphatic rings. The van der Waals surface area contributed by atoms with E-state index in [0.29, 0.717) is 23.7 Å². The normalized spacial score (nSPS) is 48.3. The van der Waals surface area contributed by atoms with E-state index in [4.69, 9.17) is 4.74 Å². The Bertz CT molecular complexity index is 633. The van der Waals surface area contributed by atoms with Crippen molar-refractivity contribution in [2.45, 2.75) is 43.9 Å². The van der Waals surface area contributed by atoms with Gasteiger partial charge in [0.2, 0.25) is 0 Å². The molecule has 3 aliphatic heterocycles. The summed E-state index contributed by atoms with van der Waals surface area (Å²) in [6.07, 6.45) is 4.62. The Morgan fingerprint density at radius 1 is 1.14 bits per heavy atom. The molecule has 6 atom stereocenters. The second kappa shape index (κ2) is 4.12. The minimum Gasteiger partial charge on any atom is -0.441 e.